The van der Waals surface area contributed by atoms with E-state index in [-0.39, 0.29) is 36.1 Å². The Hall–Kier alpha value is 0.370. The maximum absolute atomic E-state index is 10.6. The largest absolute Gasteiger partial charge is 0.368 e. The van der Waals surface area contributed by atoms with Gasteiger partial charge in [0.15, 0.2) is 18.9 Å². The van der Waals surface area contributed by atoms with E-state index in [1.165, 1.54) is 7.11 Å². The minimum atomic E-state index is -1.19. The molecule has 3 fully saturated rings. The fourth-order valence-electron chi connectivity index (χ4n) is 5.44. The highest BCUT2D eigenvalue weighted by Gasteiger charge is 2.35. The molecule has 3 aliphatic rings. The van der Waals surface area contributed by atoms with Gasteiger partial charge in [0.05, 0.1) is 18.3 Å². The quantitative estimate of drug-likeness (QED) is 0.213. The van der Waals surface area contributed by atoms with E-state index in [2.05, 4.69) is 0 Å². The van der Waals surface area contributed by atoms with Crippen molar-refractivity contribution in [3.05, 3.63) is 0 Å². The van der Waals surface area contributed by atoms with Crippen LogP contribution in [0.4, 0.5) is 0 Å². The van der Waals surface area contributed by atoms with E-state index >= 15 is 0 Å². The highest BCUT2D eigenvalue weighted by atomic mass is 127. The summed E-state index contributed by atoms with van der Waals surface area (Å²) < 4.78 is 27.0. The lowest BCUT2D eigenvalue weighted by Gasteiger charge is -2.37. The Morgan fingerprint density at radius 3 is 1.27 bits per heavy atom. The van der Waals surface area contributed by atoms with Crippen LogP contribution in [-0.2, 0) is 22.0 Å². The van der Waals surface area contributed by atoms with Gasteiger partial charge in [0.2, 0.25) is 0 Å². The molecule has 0 amide bonds. The molecular weight excluding hydrogens is 547 g/mol. The number of aliphatic hydroxyl groups is 4. The molecule has 4 N–H and O–H groups in total. The molecule has 0 saturated heterocycles. The number of ether oxygens (including phenoxy) is 4. The molecule has 0 heterocycles. The zero-order valence-corrected chi connectivity index (χ0v) is 21.6. The Kier molecular flexibility index (Phi) is 12.0. The van der Waals surface area contributed by atoms with E-state index < -0.39 is 25.3 Å². The van der Waals surface area contributed by atoms with Crippen molar-refractivity contribution in [2.75, 3.05) is 7.11 Å². The summed E-state index contributed by atoms with van der Waals surface area (Å²) >= 11 is 1.73. The summed E-state index contributed by atoms with van der Waals surface area (Å²) in [5.41, 5.74) is 0. The van der Waals surface area contributed by atoms with E-state index in [0.29, 0.717) is 0 Å². The van der Waals surface area contributed by atoms with Crippen molar-refractivity contribution in [3.8, 4) is 0 Å². The minimum Gasteiger partial charge on any atom is -0.368 e. The van der Waals surface area contributed by atoms with Crippen molar-refractivity contribution < 1.29 is 42.4 Å². The molecule has 0 bridgehead atoms. The Morgan fingerprint density at radius 1 is 0.545 bits per heavy atom. The van der Waals surface area contributed by atoms with Crippen LogP contribution in [0.1, 0.15) is 77.0 Å². The molecule has 0 aromatic heterocycles. The van der Waals surface area contributed by atoms with Crippen molar-refractivity contribution in [2.24, 2.45) is 17.8 Å². The van der Waals surface area contributed by atoms with Gasteiger partial charge in [-0.15, -0.1) is 0 Å². The first kappa shape index (κ1) is 27.9. The van der Waals surface area contributed by atoms with Gasteiger partial charge < -0.3 is 39.4 Å². The summed E-state index contributed by atoms with van der Waals surface area (Å²) in [6.07, 6.45) is 7.27. The molecule has 0 aliphatic heterocycles. The zero-order valence-electron chi connectivity index (χ0n) is 19.5. The van der Waals surface area contributed by atoms with Crippen LogP contribution in [0.2, 0.25) is 0 Å². The summed E-state index contributed by atoms with van der Waals surface area (Å²) in [4.78, 5) is 0. The van der Waals surface area contributed by atoms with E-state index in [1.54, 1.807) is 23.0 Å². The van der Waals surface area contributed by atoms with Crippen LogP contribution in [0.5, 0.6) is 0 Å². The Labute approximate surface area is 210 Å². The van der Waals surface area contributed by atoms with E-state index in [4.69, 9.17) is 22.0 Å². The SMILES string of the molecule is COC(O)OC1CCC(OC(O)C2CCC(OC(O)C3CCC(C(O)OI)CC3)CC2)CC1. The monoisotopic (exact) mass is 588 g/mol. The average molecular weight is 588 g/mol. The average Bonchev–Trinajstić information content (AvgIpc) is 2.85. The number of hydrogen-bond donors (Lipinski definition) is 4. The van der Waals surface area contributed by atoms with E-state index in [1.807, 2.05) is 0 Å². The second-order valence-electron chi connectivity index (χ2n) is 9.82. The number of hydrogen-bond acceptors (Lipinski definition) is 9. The normalized spacial score (nSPS) is 37.3. The lowest BCUT2D eigenvalue weighted by Crippen LogP contribution is -2.38. The predicted molar refractivity (Wildman–Crippen MR) is 127 cm³/mol. The first-order valence-corrected chi connectivity index (χ1v) is 13.3. The summed E-state index contributed by atoms with van der Waals surface area (Å²) in [7, 11) is 1.40. The lowest BCUT2D eigenvalue weighted by atomic mass is 9.81. The summed E-state index contributed by atoms with van der Waals surface area (Å²) in [6, 6.07) is 0. The molecule has 0 spiro atoms. The third-order valence-corrected chi connectivity index (χ3v) is 8.15. The second-order valence-corrected chi connectivity index (χ2v) is 10.3. The number of aliphatic hydroxyl groups excluding tert-OH is 4. The lowest BCUT2D eigenvalue weighted by molar-refractivity contribution is -0.277. The molecule has 4 unspecified atom stereocenters. The molecule has 3 rings (SSSR count). The first-order chi connectivity index (χ1) is 15.9. The fourth-order valence-corrected chi connectivity index (χ4v) is 5.85. The van der Waals surface area contributed by atoms with Crippen molar-refractivity contribution in [1.82, 2.24) is 0 Å². The maximum Gasteiger partial charge on any atom is 0.269 e. The van der Waals surface area contributed by atoms with Crippen molar-refractivity contribution in [2.45, 2.75) is 121 Å². The van der Waals surface area contributed by atoms with E-state index in [9.17, 15) is 20.4 Å². The van der Waals surface area contributed by atoms with Crippen molar-refractivity contribution in [3.63, 3.8) is 0 Å². The zero-order chi connectivity index (χ0) is 23.8. The maximum atomic E-state index is 10.6. The molecular formula is C23H41IO9. The second kappa shape index (κ2) is 14.2. The van der Waals surface area contributed by atoms with Crippen LogP contribution >= 0.6 is 23.0 Å². The van der Waals surface area contributed by atoms with Gasteiger partial charge in [-0.3, -0.25) is 3.07 Å². The molecule has 4 atom stereocenters. The Bertz CT molecular complexity index is 532. The Morgan fingerprint density at radius 2 is 0.879 bits per heavy atom. The summed E-state index contributed by atoms with van der Waals surface area (Å²) in [6.45, 7) is -1.19. The topological polar surface area (TPSA) is 127 Å². The number of rotatable bonds is 11. The summed E-state index contributed by atoms with van der Waals surface area (Å²) in [5.74, 6) is 0.303. The van der Waals surface area contributed by atoms with Gasteiger partial charge in [-0.25, -0.2) is 0 Å². The molecule has 0 aromatic rings. The van der Waals surface area contributed by atoms with E-state index in [0.717, 1.165) is 77.0 Å². The van der Waals surface area contributed by atoms with Crippen LogP contribution in [0.3, 0.4) is 0 Å². The van der Waals surface area contributed by atoms with Gasteiger partial charge in [0.25, 0.3) is 6.48 Å². The van der Waals surface area contributed by atoms with Crippen LogP contribution < -0.4 is 0 Å². The van der Waals surface area contributed by atoms with Gasteiger partial charge in [-0.05, 0) is 77.0 Å². The number of halogens is 1. The highest BCUT2D eigenvalue weighted by Crippen LogP contribution is 2.36. The smallest absolute Gasteiger partial charge is 0.269 e. The Balaban J connectivity index is 1.30. The molecule has 9 nitrogen and oxygen atoms in total. The van der Waals surface area contributed by atoms with Crippen LogP contribution in [0.15, 0.2) is 0 Å². The molecule has 33 heavy (non-hydrogen) atoms. The van der Waals surface area contributed by atoms with Gasteiger partial charge in [-0.1, -0.05) is 0 Å². The molecule has 194 valence electrons. The summed E-state index contributed by atoms with van der Waals surface area (Å²) in [5, 5.41) is 40.4. The standard InChI is InChI=1S/C23H41IO9/c1-29-23(28)32-19-12-10-18(11-13-19)31-21(26)15-6-8-17(9-7-15)30-20(25)14-2-4-16(5-3-14)22(27)33-24/h14-23,25-28H,2-13H2,1H3. The molecule has 3 saturated carbocycles. The van der Waals surface area contributed by atoms with Gasteiger partial charge in [0.1, 0.15) is 23.0 Å². The van der Waals surface area contributed by atoms with Crippen LogP contribution in [0.25, 0.3) is 0 Å². The molecule has 0 radical (unpaired) electrons. The van der Waals surface area contributed by atoms with Crippen molar-refractivity contribution in [1.29, 1.82) is 0 Å². The third-order valence-electron chi connectivity index (χ3n) is 7.63. The molecule has 0 aromatic carbocycles. The van der Waals surface area contributed by atoms with Gasteiger partial charge >= 0.3 is 0 Å². The third kappa shape index (κ3) is 8.76. The van der Waals surface area contributed by atoms with Crippen LogP contribution in [0, 0.1) is 17.8 Å². The van der Waals surface area contributed by atoms with Crippen molar-refractivity contribution >= 4 is 23.0 Å². The highest BCUT2D eigenvalue weighted by molar-refractivity contribution is 14.1. The first-order valence-electron chi connectivity index (χ1n) is 12.4. The number of methoxy groups -OCH3 is 1. The molecule has 3 aliphatic carbocycles. The van der Waals surface area contributed by atoms with Crippen LogP contribution in [-0.4, -0.2) is 71.2 Å². The molecule has 10 heteroatoms. The van der Waals surface area contributed by atoms with Gasteiger partial charge in [-0.2, -0.15) is 0 Å². The van der Waals surface area contributed by atoms with Gasteiger partial charge in [0, 0.05) is 24.9 Å². The fraction of sp³-hybridized carbons (Fsp3) is 1.00. The predicted octanol–water partition coefficient (Wildman–Crippen LogP) is 2.96. The minimum absolute atomic E-state index is 0.00146.